The largest absolute Gasteiger partial charge is 0.369 e. The molecule has 0 aliphatic carbocycles. The summed E-state index contributed by atoms with van der Waals surface area (Å²) < 4.78 is 0. The second kappa shape index (κ2) is 7.60. The van der Waals surface area contributed by atoms with Crippen molar-refractivity contribution in [2.75, 3.05) is 11.1 Å². The van der Waals surface area contributed by atoms with Crippen LogP contribution >= 0.6 is 11.8 Å². The topological polar surface area (TPSA) is 98.2 Å². The Morgan fingerprint density at radius 3 is 2.74 bits per heavy atom. The number of nitrogens with two attached hydrogens (primary N) is 2. The highest BCUT2D eigenvalue weighted by Crippen LogP contribution is 2.26. The van der Waals surface area contributed by atoms with Crippen LogP contribution in [0.25, 0.3) is 0 Å². The SMILES string of the molecule is C=CCC(N)C(=O)Nc1ccccc1SCC(N)=O. The highest BCUT2D eigenvalue weighted by molar-refractivity contribution is 8.00. The Labute approximate surface area is 116 Å². The molecule has 1 aromatic rings. The molecule has 0 spiro atoms. The number of amides is 2. The fourth-order valence-electron chi connectivity index (χ4n) is 1.36. The van der Waals surface area contributed by atoms with Crippen molar-refractivity contribution >= 4 is 29.3 Å². The molecular formula is C13H17N3O2S. The van der Waals surface area contributed by atoms with Gasteiger partial charge in [-0.3, -0.25) is 9.59 Å². The molecule has 0 bridgehead atoms. The Hall–Kier alpha value is -1.79. The lowest BCUT2D eigenvalue weighted by atomic mass is 10.2. The second-order valence-corrected chi connectivity index (χ2v) is 4.89. The number of hydrogen-bond acceptors (Lipinski definition) is 4. The van der Waals surface area contributed by atoms with Crippen molar-refractivity contribution < 1.29 is 9.59 Å². The summed E-state index contributed by atoms with van der Waals surface area (Å²) in [5, 5.41) is 2.73. The van der Waals surface area contributed by atoms with Gasteiger partial charge in [0.1, 0.15) is 0 Å². The minimum atomic E-state index is -0.633. The molecule has 1 rings (SSSR count). The van der Waals surface area contributed by atoms with Crippen molar-refractivity contribution in [2.24, 2.45) is 11.5 Å². The molecule has 1 unspecified atom stereocenters. The van der Waals surface area contributed by atoms with Crippen LogP contribution in [-0.2, 0) is 9.59 Å². The maximum Gasteiger partial charge on any atom is 0.241 e. The number of carbonyl (C=O) groups excluding carboxylic acids is 2. The number of hydrogen-bond donors (Lipinski definition) is 3. The lowest BCUT2D eigenvalue weighted by Gasteiger charge is -2.13. The molecule has 1 aromatic carbocycles. The van der Waals surface area contributed by atoms with Gasteiger partial charge in [-0.15, -0.1) is 18.3 Å². The van der Waals surface area contributed by atoms with E-state index in [1.54, 1.807) is 18.2 Å². The van der Waals surface area contributed by atoms with Gasteiger partial charge in [0.25, 0.3) is 0 Å². The zero-order valence-corrected chi connectivity index (χ0v) is 11.3. The van der Waals surface area contributed by atoms with Gasteiger partial charge in [0, 0.05) is 4.90 Å². The van der Waals surface area contributed by atoms with Gasteiger partial charge in [-0.05, 0) is 18.6 Å². The van der Waals surface area contributed by atoms with Crippen LogP contribution in [0.4, 0.5) is 5.69 Å². The molecule has 1 atom stereocenters. The van der Waals surface area contributed by atoms with Crippen LogP contribution in [0.5, 0.6) is 0 Å². The van der Waals surface area contributed by atoms with E-state index in [-0.39, 0.29) is 11.7 Å². The molecule has 102 valence electrons. The molecule has 0 saturated heterocycles. The first-order valence-corrected chi connectivity index (χ1v) is 6.70. The van der Waals surface area contributed by atoms with Crippen LogP contribution in [0.2, 0.25) is 0 Å². The zero-order valence-electron chi connectivity index (χ0n) is 10.5. The quantitative estimate of drug-likeness (QED) is 0.514. The Morgan fingerprint density at radius 1 is 1.42 bits per heavy atom. The third-order valence-corrected chi connectivity index (χ3v) is 3.37. The lowest BCUT2D eigenvalue weighted by Crippen LogP contribution is -2.35. The zero-order chi connectivity index (χ0) is 14.3. The predicted molar refractivity (Wildman–Crippen MR) is 77.8 cm³/mol. The van der Waals surface area contributed by atoms with Gasteiger partial charge in [0.05, 0.1) is 17.5 Å². The van der Waals surface area contributed by atoms with E-state index >= 15 is 0 Å². The van der Waals surface area contributed by atoms with E-state index < -0.39 is 11.9 Å². The van der Waals surface area contributed by atoms with Gasteiger partial charge in [-0.1, -0.05) is 18.2 Å². The van der Waals surface area contributed by atoms with E-state index in [0.29, 0.717) is 12.1 Å². The highest BCUT2D eigenvalue weighted by Gasteiger charge is 2.13. The van der Waals surface area contributed by atoms with E-state index in [2.05, 4.69) is 11.9 Å². The summed E-state index contributed by atoms with van der Waals surface area (Å²) in [4.78, 5) is 23.4. The van der Waals surface area contributed by atoms with E-state index in [9.17, 15) is 9.59 Å². The summed E-state index contributed by atoms with van der Waals surface area (Å²) in [5.74, 6) is -0.535. The fraction of sp³-hybridized carbons (Fsp3) is 0.231. The van der Waals surface area contributed by atoms with Crippen LogP contribution in [0.15, 0.2) is 41.8 Å². The molecule has 0 aliphatic rings. The first-order valence-electron chi connectivity index (χ1n) is 5.72. The van der Waals surface area contributed by atoms with Crippen molar-refractivity contribution in [1.82, 2.24) is 0 Å². The number of para-hydroxylation sites is 1. The summed E-state index contributed by atoms with van der Waals surface area (Å²) in [5.41, 5.74) is 11.4. The third kappa shape index (κ3) is 5.15. The molecule has 5 nitrogen and oxygen atoms in total. The van der Waals surface area contributed by atoms with Gasteiger partial charge in [-0.25, -0.2) is 0 Å². The summed E-state index contributed by atoms with van der Waals surface area (Å²) >= 11 is 1.27. The Bertz CT molecular complexity index is 477. The molecular weight excluding hydrogens is 262 g/mol. The normalized spacial score (nSPS) is 11.6. The molecule has 0 aromatic heterocycles. The standard InChI is InChI=1S/C13H17N3O2S/c1-2-5-9(14)13(18)16-10-6-3-4-7-11(10)19-8-12(15)17/h2-4,6-7,9H,1,5,8,14H2,(H2,15,17)(H,16,18). The average Bonchev–Trinajstić information content (AvgIpc) is 2.37. The average molecular weight is 279 g/mol. The molecule has 0 fully saturated rings. The summed E-state index contributed by atoms with van der Waals surface area (Å²) in [6.45, 7) is 3.54. The Balaban J connectivity index is 2.74. The smallest absolute Gasteiger partial charge is 0.241 e. The van der Waals surface area contributed by atoms with Crippen LogP contribution in [-0.4, -0.2) is 23.6 Å². The number of nitrogens with one attached hydrogen (secondary N) is 1. The van der Waals surface area contributed by atoms with E-state index in [0.717, 1.165) is 4.90 Å². The van der Waals surface area contributed by atoms with E-state index in [1.807, 2.05) is 12.1 Å². The molecule has 19 heavy (non-hydrogen) atoms. The van der Waals surface area contributed by atoms with Crippen LogP contribution in [0.3, 0.4) is 0 Å². The number of anilines is 1. The van der Waals surface area contributed by atoms with Crippen LogP contribution < -0.4 is 16.8 Å². The summed E-state index contributed by atoms with van der Waals surface area (Å²) in [6, 6.07) is 6.54. The minimum Gasteiger partial charge on any atom is -0.369 e. The monoisotopic (exact) mass is 279 g/mol. The van der Waals surface area contributed by atoms with Gasteiger partial charge in [0.2, 0.25) is 11.8 Å². The molecule has 0 saturated carbocycles. The number of thioether (sulfide) groups is 1. The fourth-order valence-corrected chi connectivity index (χ4v) is 2.10. The number of carbonyl (C=O) groups is 2. The first-order chi connectivity index (χ1) is 9.04. The number of benzene rings is 1. The van der Waals surface area contributed by atoms with Gasteiger partial charge < -0.3 is 16.8 Å². The van der Waals surface area contributed by atoms with Crippen molar-refractivity contribution in [1.29, 1.82) is 0 Å². The van der Waals surface area contributed by atoms with Gasteiger partial charge in [0.15, 0.2) is 0 Å². The maximum absolute atomic E-state index is 11.8. The third-order valence-electron chi connectivity index (χ3n) is 2.27. The van der Waals surface area contributed by atoms with Crippen molar-refractivity contribution in [3.05, 3.63) is 36.9 Å². The molecule has 5 N–H and O–H groups in total. The van der Waals surface area contributed by atoms with E-state index in [4.69, 9.17) is 11.5 Å². The maximum atomic E-state index is 11.8. The highest BCUT2D eigenvalue weighted by atomic mass is 32.2. The number of primary amides is 1. The summed E-state index contributed by atoms with van der Waals surface area (Å²) in [6.07, 6.45) is 2.00. The van der Waals surface area contributed by atoms with Crippen LogP contribution in [0, 0.1) is 0 Å². The summed E-state index contributed by atoms with van der Waals surface area (Å²) in [7, 11) is 0. The predicted octanol–water partition coefficient (Wildman–Crippen LogP) is 1.11. The van der Waals surface area contributed by atoms with Crippen molar-refractivity contribution in [2.45, 2.75) is 17.4 Å². The molecule has 0 radical (unpaired) electrons. The molecule has 0 heterocycles. The van der Waals surface area contributed by atoms with Crippen molar-refractivity contribution in [3.63, 3.8) is 0 Å². The minimum absolute atomic E-state index is 0.158. The first kappa shape index (κ1) is 15.3. The Morgan fingerprint density at radius 2 is 2.11 bits per heavy atom. The molecule has 6 heteroatoms. The number of rotatable bonds is 7. The van der Waals surface area contributed by atoms with Crippen LogP contribution in [0.1, 0.15) is 6.42 Å². The molecule has 0 aliphatic heterocycles. The van der Waals surface area contributed by atoms with Gasteiger partial charge in [-0.2, -0.15) is 0 Å². The molecule has 2 amide bonds. The van der Waals surface area contributed by atoms with E-state index in [1.165, 1.54) is 11.8 Å². The van der Waals surface area contributed by atoms with Crippen molar-refractivity contribution in [3.8, 4) is 0 Å². The Kier molecular flexibility index (Phi) is 6.11. The second-order valence-electron chi connectivity index (χ2n) is 3.87. The van der Waals surface area contributed by atoms with Gasteiger partial charge >= 0.3 is 0 Å². The lowest BCUT2D eigenvalue weighted by molar-refractivity contribution is -0.117.